The summed E-state index contributed by atoms with van der Waals surface area (Å²) in [5.74, 6) is 0.213. The molecule has 2 heterocycles. The zero-order chi connectivity index (χ0) is 25.0. The van der Waals surface area contributed by atoms with Crippen LogP contribution in [0.1, 0.15) is 34.5 Å². The second-order valence-corrected chi connectivity index (χ2v) is 8.22. The van der Waals surface area contributed by atoms with Crippen molar-refractivity contribution >= 4 is 17.5 Å². The van der Waals surface area contributed by atoms with Crippen LogP contribution in [0.2, 0.25) is 0 Å². The monoisotopic (exact) mass is 485 g/mol. The maximum Gasteiger partial charge on any atom is 0.416 e. The Morgan fingerprint density at radius 3 is 2.37 bits per heavy atom. The minimum Gasteiger partial charge on any atom is -0.480 e. The van der Waals surface area contributed by atoms with Crippen LogP contribution in [0.4, 0.5) is 24.8 Å². The maximum absolute atomic E-state index is 13.1. The summed E-state index contributed by atoms with van der Waals surface area (Å²) >= 11 is 0. The molecule has 184 valence electrons. The molecular weight excluding hydrogens is 459 g/mol. The van der Waals surface area contributed by atoms with Gasteiger partial charge in [-0.2, -0.15) is 18.2 Å². The zero-order valence-corrected chi connectivity index (χ0v) is 19.4. The van der Waals surface area contributed by atoms with E-state index in [1.807, 2.05) is 47.1 Å². The largest absolute Gasteiger partial charge is 0.480 e. The molecule has 7 nitrogen and oxygen atoms in total. The number of piperazine rings is 1. The number of carbonyl (C=O) groups excluding carboxylic acids is 1. The van der Waals surface area contributed by atoms with Gasteiger partial charge >= 0.3 is 6.18 Å². The standard InChI is InChI=1S/C25H26F3N5O2/c1-17(18-7-4-3-5-8-18)30-22(34)21-16-29-24(31-23(21)35-2)33-13-11-32(12-14-33)20-10-6-9-19(15-20)25(26,27)28/h3-10,15-17H,11-14H2,1-2H3,(H,30,34). The molecule has 4 rings (SSSR count). The number of hydrogen-bond acceptors (Lipinski definition) is 6. The van der Waals surface area contributed by atoms with Crippen molar-refractivity contribution < 1.29 is 22.7 Å². The first-order chi connectivity index (χ1) is 16.8. The SMILES string of the molecule is COc1nc(N2CCN(c3cccc(C(F)(F)F)c3)CC2)ncc1C(=O)NC(C)c1ccccc1. The summed E-state index contributed by atoms with van der Waals surface area (Å²) < 4.78 is 44.5. The molecule has 10 heteroatoms. The Bertz CT molecular complexity index is 1170. The molecule has 1 saturated heterocycles. The van der Waals surface area contributed by atoms with Gasteiger partial charge in [0, 0.05) is 38.1 Å². The molecule has 0 saturated carbocycles. The normalized spacial score (nSPS) is 15.0. The van der Waals surface area contributed by atoms with Gasteiger partial charge in [-0.15, -0.1) is 0 Å². The number of benzene rings is 2. The molecule has 1 N–H and O–H groups in total. The van der Waals surface area contributed by atoms with E-state index in [9.17, 15) is 18.0 Å². The number of anilines is 2. The first kappa shape index (κ1) is 24.3. The van der Waals surface area contributed by atoms with E-state index in [-0.39, 0.29) is 23.4 Å². The lowest BCUT2D eigenvalue weighted by molar-refractivity contribution is -0.137. The third-order valence-corrected chi connectivity index (χ3v) is 5.93. The maximum atomic E-state index is 13.1. The van der Waals surface area contributed by atoms with Gasteiger partial charge in [0.15, 0.2) is 0 Å². The Balaban J connectivity index is 1.42. The fourth-order valence-electron chi connectivity index (χ4n) is 3.96. The second kappa shape index (κ2) is 10.2. The summed E-state index contributed by atoms with van der Waals surface area (Å²) in [5, 5.41) is 2.93. The van der Waals surface area contributed by atoms with Crippen molar-refractivity contribution in [3.8, 4) is 5.88 Å². The number of ether oxygens (including phenoxy) is 1. The van der Waals surface area contributed by atoms with E-state index in [2.05, 4.69) is 15.3 Å². The van der Waals surface area contributed by atoms with Crippen LogP contribution < -0.4 is 19.9 Å². The van der Waals surface area contributed by atoms with Crippen LogP contribution >= 0.6 is 0 Å². The first-order valence-corrected chi connectivity index (χ1v) is 11.2. The quantitative estimate of drug-likeness (QED) is 0.561. The molecule has 2 aromatic carbocycles. The van der Waals surface area contributed by atoms with Crippen molar-refractivity contribution in [3.05, 3.63) is 77.5 Å². The van der Waals surface area contributed by atoms with Crippen molar-refractivity contribution in [2.75, 3.05) is 43.1 Å². The van der Waals surface area contributed by atoms with Crippen LogP contribution in [0.25, 0.3) is 0 Å². The topological polar surface area (TPSA) is 70.6 Å². The molecule has 0 bridgehead atoms. The van der Waals surface area contributed by atoms with E-state index in [1.54, 1.807) is 6.07 Å². The van der Waals surface area contributed by atoms with Crippen molar-refractivity contribution in [1.82, 2.24) is 15.3 Å². The van der Waals surface area contributed by atoms with E-state index in [0.29, 0.717) is 37.8 Å². The summed E-state index contributed by atoms with van der Waals surface area (Å²) in [5.41, 5.74) is 1.05. The number of hydrogen-bond donors (Lipinski definition) is 1. The van der Waals surface area contributed by atoms with Crippen molar-refractivity contribution in [2.24, 2.45) is 0 Å². The molecule has 0 spiro atoms. The number of methoxy groups -OCH3 is 1. The Kier molecular flexibility index (Phi) is 7.09. The summed E-state index contributed by atoms with van der Waals surface area (Å²) in [6.45, 7) is 3.92. The Morgan fingerprint density at radius 1 is 1.03 bits per heavy atom. The van der Waals surface area contributed by atoms with Gasteiger partial charge in [-0.3, -0.25) is 4.79 Å². The summed E-state index contributed by atoms with van der Waals surface area (Å²) in [6, 6.07) is 14.7. The highest BCUT2D eigenvalue weighted by Crippen LogP contribution is 2.32. The van der Waals surface area contributed by atoms with Gasteiger partial charge in [0.25, 0.3) is 5.91 Å². The summed E-state index contributed by atoms with van der Waals surface area (Å²) in [7, 11) is 1.44. The molecular formula is C25H26F3N5O2. The second-order valence-electron chi connectivity index (χ2n) is 8.22. The van der Waals surface area contributed by atoms with E-state index in [4.69, 9.17) is 4.74 Å². The molecule has 1 amide bonds. The number of alkyl halides is 3. The van der Waals surface area contributed by atoms with E-state index >= 15 is 0 Å². The van der Waals surface area contributed by atoms with Gasteiger partial charge in [0.1, 0.15) is 5.56 Å². The van der Waals surface area contributed by atoms with E-state index in [1.165, 1.54) is 25.4 Å². The average Bonchev–Trinajstić information content (AvgIpc) is 2.88. The zero-order valence-electron chi connectivity index (χ0n) is 19.4. The van der Waals surface area contributed by atoms with Crippen LogP contribution in [-0.2, 0) is 6.18 Å². The van der Waals surface area contributed by atoms with Crippen molar-refractivity contribution in [1.29, 1.82) is 0 Å². The van der Waals surface area contributed by atoms with E-state index in [0.717, 1.165) is 11.6 Å². The van der Waals surface area contributed by atoms with Gasteiger partial charge in [-0.25, -0.2) is 4.98 Å². The summed E-state index contributed by atoms with van der Waals surface area (Å²) in [6.07, 6.45) is -2.94. The fraction of sp³-hybridized carbons (Fsp3) is 0.320. The number of amides is 1. The molecule has 1 aromatic heterocycles. The third-order valence-electron chi connectivity index (χ3n) is 5.93. The van der Waals surface area contributed by atoms with Crippen molar-refractivity contribution in [3.63, 3.8) is 0 Å². The Hall–Kier alpha value is -3.82. The Labute approximate surface area is 201 Å². The summed E-state index contributed by atoms with van der Waals surface area (Å²) in [4.78, 5) is 25.4. The van der Waals surface area contributed by atoms with Gasteiger partial charge in [0.05, 0.1) is 18.7 Å². The lowest BCUT2D eigenvalue weighted by Gasteiger charge is -2.36. The predicted octanol–water partition coefficient (Wildman–Crippen LogP) is 4.32. The number of aromatic nitrogens is 2. The average molecular weight is 486 g/mol. The van der Waals surface area contributed by atoms with Crippen LogP contribution in [-0.4, -0.2) is 49.2 Å². The minimum atomic E-state index is -4.38. The van der Waals surface area contributed by atoms with Gasteiger partial charge in [-0.05, 0) is 30.7 Å². The molecule has 0 radical (unpaired) electrons. The molecule has 1 aliphatic rings. The highest BCUT2D eigenvalue weighted by atomic mass is 19.4. The van der Waals surface area contributed by atoms with Crippen molar-refractivity contribution in [2.45, 2.75) is 19.1 Å². The molecule has 1 unspecified atom stereocenters. The smallest absolute Gasteiger partial charge is 0.416 e. The molecule has 35 heavy (non-hydrogen) atoms. The molecule has 0 aliphatic carbocycles. The molecule has 1 fully saturated rings. The lowest BCUT2D eigenvalue weighted by atomic mass is 10.1. The van der Waals surface area contributed by atoms with Gasteiger partial charge in [-0.1, -0.05) is 36.4 Å². The lowest BCUT2D eigenvalue weighted by Crippen LogP contribution is -2.47. The molecule has 1 aliphatic heterocycles. The number of halogens is 3. The number of rotatable bonds is 6. The predicted molar refractivity (Wildman–Crippen MR) is 127 cm³/mol. The highest BCUT2D eigenvalue weighted by Gasteiger charge is 2.31. The minimum absolute atomic E-state index is 0.160. The van der Waals surface area contributed by atoms with Crippen LogP contribution in [0.3, 0.4) is 0 Å². The van der Waals surface area contributed by atoms with Crippen LogP contribution in [0.5, 0.6) is 5.88 Å². The first-order valence-electron chi connectivity index (χ1n) is 11.2. The molecule has 1 atom stereocenters. The van der Waals surface area contributed by atoms with Crippen LogP contribution in [0, 0.1) is 0 Å². The number of nitrogens with zero attached hydrogens (tertiary/aromatic N) is 4. The van der Waals surface area contributed by atoms with Gasteiger partial charge < -0.3 is 19.9 Å². The van der Waals surface area contributed by atoms with E-state index < -0.39 is 11.7 Å². The van der Waals surface area contributed by atoms with Gasteiger partial charge in [0.2, 0.25) is 11.8 Å². The van der Waals surface area contributed by atoms with Crippen LogP contribution in [0.15, 0.2) is 60.8 Å². The third kappa shape index (κ3) is 5.64. The molecule has 3 aromatic rings. The fourth-order valence-corrected chi connectivity index (χ4v) is 3.96. The highest BCUT2D eigenvalue weighted by molar-refractivity contribution is 5.96. The number of carbonyl (C=O) groups is 1. The number of nitrogens with one attached hydrogen (secondary N) is 1. The Morgan fingerprint density at radius 2 is 1.71 bits per heavy atom.